The summed E-state index contributed by atoms with van der Waals surface area (Å²) in [4.78, 5) is 2.34. The fourth-order valence-electron chi connectivity index (χ4n) is 3.58. The van der Waals surface area contributed by atoms with E-state index in [4.69, 9.17) is 16.3 Å². The molecule has 130 valence electrons. The van der Waals surface area contributed by atoms with E-state index in [0.717, 1.165) is 35.2 Å². The standard InChI is InChI=1S/C20H26ClNO2/c1-5-9-24-17-8-6-7-14-16(23)10-15-18(19(14)17)13(11-21)12-22(15)20(2,3)4/h6-8,10,13,23H,5,9,11-12H2,1-4H3. The third-order valence-electron chi connectivity index (χ3n) is 4.68. The number of phenolic OH excluding ortho intramolecular Hbond substituents is 1. The van der Waals surface area contributed by atoms with E-state index < -0.39 is 0 Å². The number of rotatable bonds is 4. The van der Waals surface area contributed by atoms with Crippen molar-refractivity contribution >= 4 is 28.1 Å². The van der Waals surface area contributed by atoms with Crippen LogP contribution in [0.4, 0.5) is 5.69 Å². The molecule has 4 heteroatoms. The Hall–Kier alpha value is -1.61. The van der Waals surface area contributed by atoms with Crippen LogP contribution in [0.1, 0.15) is 45.6 Å². The number of fused-ring (bicyclic) bond motifs is 3. The van der Waals surface area contributed by atoms with E-state index in [1.807, 2.05) is 24.3 Å². The molecule has 1 aliphatic rings. The molecule has 1 heterocycles. The maximum Gasteiger partial charge on any atom is 0.127 e. The highest BCUT2D eigenvalue weighted by Gasteiger charge is 2.37. The van der Waals surface area contributed by atoms with E-state index in [2.05, 4.69) is 32.6 Å². The maximum atomic E-state index is 10.6. The maximum absolute atomic E-state index is 10.6. The number of nitrogens with zero attached hydrogens (tertiary/aromatic N) is 1. The number of alkyl halides is 1. The van der Waals surface area contributed by atoms with Crippen LogP contribution in [-0.4, -0.2) is 29.7 Å². The zero-order valence-electron chi connectivity index (χ0n) is 14.9. The molecule has 1 N–H and O–H groups in total. The fourth-order valence-corrected chi connectivity index (χ4v) is 3.83. The van der Waals surface area contributed by atoms with Crippen LogP contribution in [0, 0.1) is 0 Å². The Balaban J connectivity index is 2.29. The van der Waals surface area contributed by atoms with Gasteiger partial charge in [-0.15, -0.1) is 11.6 Å². The van der Waals surface area contributed by atoms with Gasteiger partial charge in [-0.1, -0.05) is 19.1 Å². The summed E-state index contributed by atoms with van der Waals surface area (Å²) < 4.78 is 5.99. The summed E-state index contributed by atoms with van der Waals surface area (Å²) in [7, 11) is 0. The molecule has 3 nitrogen and oxygen atoms in total. The molecule has 0 saturated carbocycles. The third kappa shape index (κ3) is 2.79. The highest BCUT2D eigenvalue weighted by molar-refractivity contribution is 6.19. The van der Waals surface area contributed by atoms with Gasteiger partial charge >= 0.3 is 0 Å². The van der Waals surface area contributed by atoms with Gasteiger partial charge in [-0.25, -0.2) is 0 Å². The molecule has 0 radical (unpaired) electrons. The van der Waals surface area contributed by atoms with Crippen LogP contribution in [-0.2, 0) is 0 Å². The Morgan fingerprint density at radius 1 is 1.33 bits per heavy atom. The average molecular weight is 348 g/mol. The number of halogens is 1. The van der Waals surface area contributed by atoms with Crippen molar-refractivity contribution in [1.82, 2.24) is 0 Å². The van der Waals surface area contributed by atoms with Crippen molar-refractivity contribution in [3.63, 3.8) is 0 Å². The van der Waals surface area contributed by atoms with Crippen LogP contribution in [0.25, 0.3) is 10.8 Å². The van der Waals surface area contributed by atoms with E-state index in [1.165, 1.54) is 5.56 Å². The topological polar surface area (TPSA) is 32.7 Å². The normalized spacial score (nSPS) is 17.4. The first-order valence-electron chi connectivity index (χ1n) is 8.63. The molecule has 1 aliphatic heterocycles. The average Bonchev–Trinajstić information content (AvgIpc) is 2.91. The summed E-state index contributed by atoms with van der Waals surface area (Å²) in [5.41, 5.74) is 2.25. The number of ether oxygens (including phenoxy) is 1. The van der Waals surface area contributed by atoms with E-state index in [0.29, 0.717) is 18.2 Å². The van der Waals surface area contributed by atoms with Crippen LogP contribution in [0.15, 0.2) is 24.3 Å². The van der Waals surface area contributed by atoms with Crippen molar-refractivity contribution in [3.8, 4) is 11.5 Å². The van der Waals surface area contributed by atoms with Crippen molar-refractivity contribution in [3.05, 3.63) is 29.8 Å². The van der Waals surface area contributed by atoms with Gasteiger partial charge in [0.1, 0.15) is 11.5 Å². The molecular weight excluding hydrogens is 322 g/mol. The van der Waals surface area contributed by atoms with Crippen LogP contribution >= 0.6 is 11.6 Å². The Labute approximate surface area is 149 Å². The molecule has 0 amide bonds. The molecule has 24 heavy (non-hydrogen) atoms. The SMILES string of the molecule is CCCOc1cccc2c(O)cc3c(c12)C(CCl)CN3C(C)(C)C. The zero-order chi connectivity index (χ0) is 17.5. The van der Waals surface area contributed by atoms with Gasteiger partial charge in [-0.3, -0.25) is 0 Å². The molecule has 1 unspecified atom stereocenters. The molecule has 0 spiro atoms. The largest absolute Gasteiger partial charge is 0.507 e. The predicted molar refractivity (Wildman–Crippen MR) is 102 cm³/mol. The second-order valence-corrected chi connectivity index (χ2v) is 7.80. The lowest BCUT2D eigenvalue weighted by Crippen LogP contribution is -2.40. The van der Waals surface area contributed by atoms with Gasteiger partial charge in [0.15, 0.2) is 0 Å². The smallest absolute Gasteiger partial charge is 0.127 e. The number of hydrogen-bond acceptors (Lipinski definition) is 3. The van der Waals surface area contributed by atoms with Crippen LogP contribution in [0.3, 0.4) is 0 Å². The lowest BCUT2D eigenvalue weighted by molar-refractivity contribution is 0.321. The van der Waals surface area contributed by atoms with E-state index >= 15 is 0 Å². The molecule has 1 atom stereocenters. The molecule has 0 bridgehead atoms. The highest BCUT2D eigenvalue weighted by Crippen LogP contribution is 2.49. The summed E-state index contributed by atoms with van der Waals surface area (Å²) in [5, 5.41) is 12.5. The summed E-state index contributed by atoms with van der Waals surface area (Å²) >= 11 is 6.32. The number of phenols is 1. The minimum Gasteiger partial charge on any atom is -0.507 e. The molecule has 0 aromatic heterocycles. The fraction of sp³-hybridized carbons (Fsp3) is 0.500. The second-order valence-electron chi connectivity index (χ2n) is 7.49. The molecule has 2 aromatic carbocycles. The molecule has 0 fully saturated rings. The Bertz CT molecular complexity index is 751. The molecule has 3 rings (SSSR count). The van der Waals surface area contributed by atoms with Gasteiger partial charge in [0.2, 0.25) is 0 Å². The van der Waals surface area contributed by atoms with Gasteiger partial charge in [0, 0.05) is 46.4 Å². The van der Waals surface area contributed by atoms with Gasteiger partial charge < -0.3 is 14.7 Å². The lowest BCUT2D eigenvalue weighted by atomic mass is 9.94. The van der Waals surface area contributed by atoms with Crippen molar-refractivity contribution in [1.29, 1.82) is 0 Å². The first kappa shape index (κ1) is 17.2. The van der Waals surface area contributed by atoms with E-state index in [-0.39, 0.29) is 11.5 Å². The second kappa shape index (κ2) is 6.36. The number of benzene rings is 2. The molecule has 0 aliphatic carbocycles. The van der Waals surface area contributed by atoms with Crippen molar-refractivity contribution < 1.29 is 9.84 Å². The van der Waals surface area contributed by atoms with Crippen LogP contribution < -0.4 is 9.64 Å². The monoisotopic (exact) mass is 347 g/mol. The number of hydrogen-bond donors (Lipinski definition) is 1. The minimum atomic E-state index is -0.0328. The zero-order valence-corrected chi connectivity index (χ0v) is 15.7. The van der Waals surface area contributed by atoms with E-state index in [9.17, 15) is 5.11 Å². The third-order valence-corrected chi connectivity index (χ3v) is 5.05. The van der Waals surface area contributed by atoms with Crippen LogP contribution in [0.5, 0.6) is 11.5 Å². The molecule has 0 saturated heterocycles. The van der Waals surface area contributed by atoms with Crippen molar-refractivity contribution in [2.45, 2.75) is 45.6 Å². The predicted octanol–water partition coefficient (Wildman–Crippen LogP) is 5.28. The van der Waals surface area contributed by atoms with Crippen molar-refractivity contribution in [2.75, 3.05) is 23.9 Å². The first-order chi connectivity index (χ1) is 11.4. The van der Waals surface area contributed by atoms with Gasteiger partial charge in [-0.2, -0.15) is 0 Å². The summed E-state index contributed by atoms with van der Waals surface area (Å²) in [6, 6.07) is 7.77. The summed E-state index contributed by atoms with van der Waals surface area (Å²) in [5.74, 6) is 1.93. The van der Waals surface area contributed by atoms with E-state index in [1.54, 1.807) is 0 Å². The highest BCUT2D eigenvalue weighted by atomic mass is 35.5. The number of aromatic hydroxyl groups is 1. The number of anilines is 1. The van der Waals surface area contributed by atoms with Gasteiger partial charge in [0.25, 0.3) is 0 Å². The van der Waals surface area contributed by atoms with Gasteiger partial charge in [0.05, 0.1) is 6.61 Å². The Morgan fingerprint density at radius 2 is 2.08 bits per heavy atom. The lowest BCUT2D eigenvalue weighted by Gasteiger charge is -2.35. The van der Waals surface area contributed by atoms with Crippen LogP contribution in [0.2, 0.25) is 0 Å². The Morgan fingerprint density at radius 3 is 2.71 bits per heavy atom. The first-order valence-corrected chi connectivity index (χ1v) is 9.17. The quantitative estimate of drug-likeness (QED) is 0.764. The van der Waals surface area contributed by atoms with Crippen molar-refractivity contribution in [2.24, 2.45) is 0 Å². The summed E-state index contributed by atoms with van der Waals surface area (Å²) in [6.07, 6.45) is 0.949. The Kier molecular flexibility index (Phi) is 4.56. The minimum absolute atomic E-state index is 0.0328. The molecule has 2 aromatic rings. The summed E-state index contributed by atoms with van der Waals surface area (Å²) in [6.45, 7) is 10.2. The molecular formula is C20H26ClNO2. The van der Waals surface area contributed by atoms with Gasteiger partial charge in [-0.05, 0) is 38.8 Å².